The molecular weight excluding hydrogens is 186 g/mol. The smallest absolute Gasteiger partial charge is 0.134 e. The van der Waals surface area contributed by atoms with Crippen LogP contribution in [0, 0.1) is 6.92 Å². The molecule has 3 nitrogen and oxygen atoms in total. The summed E-state index contributed by atoms with van der Waals surface area (Å²) >= 11 is 0. The molecule has 0 spiro atoms. The van der Waals surface area contributed by atoms with Crippen LogP contribution >= 0.6 is 0 Å². The molecule has 2 saturated carbocycles. The highest BCUT2D eigenvalue weighted by Crippen LogP contribution is 2.44. The average molecular weight is 203 g/mol. The monoisotopic (exact) mass is 203 g/mol. The van der Waals surface area contributed by atoms with Gasteiger partial charge in [-0.05, 0) is 32.6 Å². The number of hydrogen-bond acceptors (Lipinski definition) is 3. The van der Waals surface area contributed by atoms with Crippen molar-refractivity contribution in [3.05, 3.63) is 17.1 Å². The molecule has 1 N–H and O–H groups in total. The van der Waals surface area contributed by atoms with Crippen molar-refractivity contribution in [3.8, 4) is 0 Å². The number of hydrogen-bond donors (Lipinski definition) is 1. The van der Waals surface area contributed by atoms with Gasteiger partial charge in [0.05, 0.1) is 5.69 Å². The van der Waals surface area contributed by atoms with E-state index in [-0.39, 0.29) is 0 Å². The van der Waals surface area contributed by atoms with Crippen LogP contribution in [0.1, 0.15) is 54.6 Å². The van der Waals surface area contributed by atoms with Gasteiger partial charge in [-0.1, -0.05) is 0 Å². The normalized spacial score (nSPS) is 20.4. The molecule has 0 amide bonds. The number of aromatic nitrogens is 2. The van der Waals surface area contributed by atoms with Crippen LogP contribution in [-0.4, -0.2) is 17.0 Å². The van der Waals surface area contributed by atoms with Gasteiger partial charge < -0.3 is 5.32 Å². The standard InChI is InChI=1S/C12H17N3/c1-7-10(8-3-4-8)14-12(9-5-6-9)15-11(7)13-2/h8-9H,3-6H2,1-2H3,(H,13,14,15). The quantitative estimate of drug-likeness (QED) is 0.820. The van der Waals surface area contributed by atoms with Crippen LogP contribution in [0.15, 0.2) is 0 Å². The predicted molar refractivity (Wildman–Crippen MR) is 60.3 cm³/mol. The Morgan fingerprint density at radius 1 is 1.07 bits per heavy atom. The van der Waals surface area contributed by atoms with E-state index < -0.39 is 0 Å². The summed E-state index contributed by atoms with van der Waals surface area (Å²) in [5.41, 5.74) is 2.56. The molecule has 1 aromatic heterocycles. The third-order valence-electron chi connectivity index (χ3n) is 3.34. The van der Waals surface area contributed by atoms with Crippen LogP contribution in [0.25, 0.3) is 0 Å². The lowest BCUT2D eigenvalue weighted by atomic mass is 10.1. The molecule has 0 aliphatic heterocycles. The third-order valence-corrected chi connectivity index (χ3v) is 3.34. The minimum absolute atomic E-state index is 0.648. The van der Waals surface area contributed by atoms with E-state index in [0.29, 0.717) is 5.92 Å². The zero-order valence-electron chi connectivity index (χ0n) is 9.38. The Hall–Kier alpha value is -1.12. The second kappa shape index (κ2) is 3.19. The van der Waals surface area contributed by atoms with Gasteiger partial charge in [0.15, 0.2) is 0 Å². The van der Waals surface area contributed by atoms with Crippen molar-refractivity contribution in [2.24, 2.45) is 0 Å². The zero-order valence-corrected chi connectivity index (χ0v) is 9.38. The molecule has 80 valence electrons. The predicted octanol–water partition coefficient (Wildman–Crippen LogP) is 2.58. The number of anilines is 1. The minimum Gasteiger partial charge on any atom is -0.373 e. The largest absolute Gasteiger partial charge is 0.373 e. The molecule has 0 bridgehead atoms. The summed E-state index contributed by atoms with van der Waals surface area (Å²) in [6.07, 6.45) is 5.17. The van der Waals surface area contributed by atoms with E-state index in [0.717, 1.165) is 17.6 Å². The van der Waals surface area contributed by atoms with Gasteiger partial charge >= 0.3 is 0 Å². The summed E-state index contributed by atoms with van der Waals surface area (Å²) in [5, 5.41) is 3.19. The maximum absolute atomic E-state index is 4.75. The van der Waals surface area contributed by atoms with Gasteiger partial charge in [0, 0.05) is 24.4 Å². The first-order valence-corrected chi connectivity index (χ1v) is 5.85. The molecule has 2 aliphatic carbocycles. The maximum atomic E-state index is 4.75. The Morgan fingerprint density at radius 3 is 2.27 bits per heavy atom. The summed E-state index contributed by atoms with van der Waals surface area (Å²) in [4.78, 5) is 9.36. The van der Waals surface area contributed by atoms with E-state index in [1.807, 2.05) is 7.05 Å². The molecule has 0 radical (unpaired) electrons. The lowest BCUT2D eigenvalue weighted by Crippen LogP contribution is -2.06. The van der Waals surface area contributed by atoms with Gasteiger partial charge in [-0.3, -0.25) is 0 Å². The van der Waals surface area contributed by atoms with Gasteiger partial charge in [-0.2, -0.15) is 0 Å². The topological polar surface area (TPSA) is 37.8 Å². The zero-order chi connectivity index (χ0) is 10.4. The number of rotatable bonds is 3. The van der Waals surface area contributed by atoms with E-state index >= 15 is 0 Å². The average Bonchev–Trinajstić information content (AvgIpc) is 3.09. The molecule has 0 unspecified atom stereocenters. The van der Waals surface area contributed by atoms with Crippen LogP contribution in [0.3, 0.4) is 0 Å². The van der Waals surface area contributed by atoms with Gasteiger partial charge in [0.2, 0.25) is 0 Å². The summed E-state index contributed by atoms with van der Waals surface area (Å²) in [6, 6.07) is 0. The van der Waals surface area contributed by atoms with Crippen LogP contribution in [-0.2, 0) is 0 Å². The van der Waals surface area contributed by atoms with Crippen LogP contribution in [0.2, 0.25) is 0 Å². The fourth-order valence-electron chi connectivity index (χ4n) is 2.07. The van der Waals surface area contributed by atoms with E-state index in [9.17, 15) is 0 Å². The molecule has 2 fully saturated rings. The third kappa shape index (κ3) is 1.60. The summed E-state index contributed by atoms with van der Waals surface area (Å²) in [6.45, 7) is 2.14. The molecule has 0 atom stereocenters. The minimum atomic E-state index is 0.648. The van der Waals surface area contributed by atoms with Crippen LogP contribution in [0.4, 0.5) is 5.82 Å². The Bertz CT molecular complexity index is 392. The van der Waals surface area contributed by atoms with Crippen molar-refractivity contribution >= 4 is 5.82 Å². The molecule has 0 saturated heterocycles. The highest BCUT2D eigenvalue weighted by molar-refractivity contribution is 5.47. The van der Waals surface area contributed by atoms with Gasteiger partial charge in [-0.25, -0.2) is 9.97 Å². The van der Waals surface area contributed by atoms with Crippen molar-refractivity contribution in [2.75, 3.05) is 12.4 Å². The maximum Gasteiger partial charge on any atom is 0.134 e. The van der Waals surface area contributed by atoms with Crippen molar-refractivity contribution < 1.29 is 0 Å². The van der Waals surface area contributed by atoms with E-state index in [1.54, 1.807) is 0 Å². The van der Waals surface area contributed by atoms with Crippen molar-refractivity contribution in [3.63, 3.8) is 0 Å². The molecule has 3 rings (SSSR count). The Morgan fingerprint density at radius 2 is 1.73 bits per heavy atom. The van der Waals surface area contributed by atoms with Crippen molar-refractivity contribution in [2.45, 2.75) is 44.4 Å². The first-order valence-electron chi connectivity index (χ1n) is 5.85. The molecule has 2 aliphatic rings. The Kier molecular flexibility index (Phi) is 1.94. The molecule has 3 heteroatoms. The first kappa shape index (κ1) is 9.13. The number of nitrogens with zero attached hydrogens (tertiary/aromatic N) is 2. The molecule has 1 aromatic rings. The fourth-order valence-corrected chi connectivity index (χ4v) is 2.07. The highest BCUT2D eigenvalue weighted by atomic mass is 15.0. The number of nitrogens with one attached hydrogen (secondary N) is 1. The van der Waals surface area contributed by atoms with Crippen molar-refractivity contribution in [1.82, 2.24) is 9.97 Å². The van der Waals surface area contributed by atoms with Gasteiger partial charge in [0.1, 0.15) is 11.6 Å². The lowest BCUT2D eigenvalue weighted by molar-refractivity contribution is 0.861. The van der Waals surface area contributed by atoms with Gasteiger partial charge in [0.25, 0.3) is 0 Å². The Balaban J connectivity index is 2.06. The van der Waals surface area contributed by atoms with E-state index in [4.69, 9.17) is 4.98 Å². The first-order chi connectivity index (χ1) is 7.29. The second-order valence-electron chi connectivity index (χ2n) is 4.74. The van der Waals surface area contributed by atoms with Gasteiger partial charge in [-0.15, -0.1) is 0 Å². The summed E-state index contributed by atoms with van der Waals surface area (Å²) < 4.78 is 0. The van der Waals surface area contributed by atoms with Crippen LogP contribution in [0.5, 0.6) is 0 Å². The second-order valence-corrected chi connectivity index (χ2v) is 4.74. The summed E-state index contributed by atoms with van der Waals surface area (Å²) in [7, 11) is 1.95. The molecule has 0 aromatic carbocycles. The Labute approximate surface area is 90.3 Å². The molecular formula is C12H17N3. The molecule has 15 heavy (non-hydrogen) atoms. The lowest BCUT2D eigenvalue weighted by Gasteiger charge is -2.11. The van der Waals surface area contributed by atoms with E-state index in [1.165, 1.54) is 36.9 Å². The SMILES string of the molecule is CNc1nc(C2CC2)nc(C2CC2)c1C. The van der Waals surface area contributed by atoms with Crippen LogP contribution < -0.4 is 5.32 Å². The summed E-state index contributed by atoms with van der Waals surface area (Å²) in [5.74, 6) is 3.48. The van der Waals surface area contributed by atoms with Crippen molar-refractivity contribution in [1.29, 1.82) is 0 Å². The van der Waals surface area contributed by atoms with E-state index in [2.05, 4.69) is 17.2 Å². The molecule has 1 heterocycles. The fraction of sp³-hybridized carbons (Fsp3) is 0.667. The highest BCUT2D eigenvalue weighted by Gasteiger charge is 2.32.